The minimum Gasteiger partial charge on any atom is -0.508 e. The first-order valence-electron chi connectivity index (χ1n) is 5.71. The second kappa shape index (κ2) is 3.86. The molecule has 3 N–H and O–H groups in total. The molecule has 1 aliphatic rings. The molecule has 0 bridgehead atoms. The second-order valence-electron chi connectivity index (χ2n) is 4.67. The number of phenols is 1. The van der Waals surface area contributed by atoms with Crippen molar-refractivity contribution in [2.24, 2.45) is 5.73 Å². The van der Waals surface area contributed by atoms with Crippen molar-refractivity contribution in [2.45, 2.75) is 44.6 Å². The monoisotopic (exact) mass is 205 g/mol. The molecule has 2 rings (SSSR count). The predicted molar refractivity (Wildman–Crippen MR) is 61.8 cm³/mol. The van der Waals surface area contributed by atoms with E-state index in [2.05, 4.69) is 6.07 Å². The summed E-state index contributed by atoms with van der Waals surface area (Å²) in [6, 6.07) is 5.67. The molecule has 1 aliphatic carbocycles. The summed E-state index contributed by atoms with van der Waals surface area (Å²) in [6.07, 6.45) is 5.77. The maximum Gasteiger partial charge on any atom is 0.118 e. The molecule has 1 fully saturated rings. The Morgan fingerprint density at radius 2 is 1.87 bits per heavy atom. The van der Waals surface area contributed by atoms with Gasteiger partial charge >= 0.3 is 0 Å². The molecule has 0 spiro atoms. The van der Waals surface area contributed by atoms with E-state index < -0.39 is 0 Å². The Balaban J connectivity index is 2.39. The minimum absolute atomic E-state index is 0.207. The van der Waals surface area contributed by atoms with E-state index in [9.17, 15) is 5.11 Å². The zero-order chi connectivity index (χ0) is 10.9. The first-order valence-corrected chi connectivity index (χ1v) is 5.71. The van der Waals surface area contributed by atoms with Gasteiger partial charge in [0.25, 0.3) is 0 Å². The van der Waals surface area contributed by atoms with E-state index in [-0.39, 0.29) is 5.54 Å². The number of rotatable bonds is 1. The lowest BCUT2D eigenvalue weighted by molar-refractivity contribution is 0.300. The molecule has 0 atom stereocenters. The van der Waals surface area contributed by atoms with Crippen LogP contribution in [0.25, 0.3) is 0 Å². The zero-order valence-corrected chi connectivity index (χ0v) is 9.29. The van der Waals surface area contributed by atoms with Crippen LogP contribution >= 0.6 is 0 Å². The van der Waals surface area contributed by atoms with Crippen LogP contribution < -0.4 is 5.73 Å². The normalized spacial score (nSPS) is 20.1. The lowest BCUT2D eigenvalue weighted by Gasteiger charge is -2.35. The summed E-state index contributed by atoms with van der Waals surface area (Å²) in [5, 5.41) is 9.69. The highest BCUT2D eigenvalue weighted by Gasteiger charge is 2.31. The Labute approximate surface area is 91.1 Å². The molecule has 82 valence electrons. The van der Waals surface area contributed by atoms with E-state index in [1.54, 1.807) is 6.07 Å². The fraction of sp³-hybridized carbons (Fsp3) is 0.538. The van der Waals surface area contributed by atoms with Gasteiger partial charge in [-0.25, -0.2) is 0 Å². The van der Waals surface area contributed by atoms with Crippen LogP contribution in [-0.2, 0) is 5.54 Å². The van der Waals surface area contributed by atoms with Crippen molar-refractivity contribution >= 4 is 0 Å². The molecule has 0 aliphatic heterocycles. The van der Waals surface area contributed by atoms with Crippen LogP contribution in [0.15, 0.2) is 18.2 Å². The van der Waals surface area contributed by atoms with Crippen LogP contribution in [0.5, 0.6) is 5.75 Å². The van der Waals surface area contributed by atoms with E-state index in [1.807, 2.05) is 13.0 Å². The SMILES string of the molecule is Cc1c(O)cccc1C1(N)CCCCC1. The smallest absolute Gasteiger partial charge is 0.118 e. The summed E-state index contributed by atoms with van der Waals surface area (Å²) in [7, 11) is 0. The maximum atomic E-state index is 9.69. The lowest BCUT2D eigenvalue weighted by Crippen LogP contribution is -2.39. The number of aromatic hydroxyl groups is 1. The van der Waals surface area contributed by atoms with Gasteiger partial charge in [0.2, 0.25) is 0 Å². The summed E-state index contributed by atoms with van der Waals surface area (Å²) in [4.78, 5) is 0. The van der Waals surface area contributed by atoms with Gasteiger partial charge in [0.05, 0.1) is 0 Å². The standard InChI is InChI=1S/C13H19NO/c1-10-11(6-5-7-12(10)15)13(14)8-3-2-4-9-13/h5-7,15H,2-4,8-9,14H2,1H3. The van der Waals surface area contributed by atoms with Crippen LogP contribution in [-0.4, -0.2) is 5.11 Å². The van der Waals surface area contributed by atoms with Gasteiger partial charge in [-0.2, -0.15) is 0 Å². The van der Waals surface area contributed by atoms with Crippen molar-refractivity contribution < 1.29 is 5.11 Å². The Bertz CT molecular complexity index is 354. The molecule has 1 aromatic carbocycles. The van der Waals surface area contributed by atoms with E-state index in [1.165, 1.54) is 19.3 Å². The Morgan fingerprint density at radius 3 is 2.53 bits per heavy atom. The summed E-state index contributed by atoms with van der Waals surface area (Å²) in [6.45, 7) is 1.95. The van der Waals surface area contributed by atoms with Gasteiger partial charge in [-0.05, 0) is 37.0 Å². The fourth-order valence-corrected chi connectivity index (χ4v) is 2.61. The van der Waals surface area contributed by atoms with Crippen molar-refractivity contribution in [3.05, 3.63) is 29.3 Å². The molecule has 0 unspecified atom stereocenters. The van der Waals surface area contributed by atoms with Gasteiger partial charge in [0.1, 0.15) is 5.75 Å². The minimum atomic E-state index is -0.207. The summed E-state index contributed by atoms with van der Waals surface area (Å²) >= 11 is 0. The topological polar surface area (TPSA) is 46.2 Å². The van der Waals surface area contributed by atoms with E-state index in [0.717, 1.165) is 24.0 Å². The molecule has 2 heteroatoms. The summed E-state index contributed by atoms with van der Waals surface area (Å²) in [5.41, 5.74) is 8.30. The van der Waals surface area contributed by atoms with E-state index in [4.69, 9.17) is 5.73 Å². The largest absolute Gasteiger partial charge is 0.508 e. The number of benzene rings is 1. The van der Waals surface area contributed by atoms with Crippen LogP contribution in [0, 0.1) is 6.92 Å². The summed E-state index contributed by atoms with van der Waals surface area (Å²) in [5.74, 6) is 0.364. The van der Waals surface area contributed by atoms with Gasteiger partial charge in [0, 0.05) is 5.54 Å². The van der Waals surface area contributed by atoms with Gasteiger partial charge < -0.3 is 10.8 Å². The molecular weight excluding hydrogens is 186 g/mol. The van der Waals surface area contributed by atoms with E-state index in [0.29, 0.717) is 5.75 Å². The number of hydrogen-bond donors (Lipinski definition) is 2. The van der Waals surface area contributed by atoms with Gasteiger partial charge in [-0.3, -0.25) is 0 Å². The number of hydrogen-bond acceptors (Lipinski definition) is 2. The average Bonchev–Trinajstić information content (AvgIpc) is 2.23. The van der Waals surface area contributed by atoms with Gasteiger partial charge in [0.15, 0.2) is 0 Å². The lowest BCUT2D eigenvalue weighted by atomic mass is 9.76. The van der Waals surface area contributed by atoms with Crippen molar-refractivity contribution in [2.75, 3.05) is 0 Å². The molecular formula is C13H19NO. The van der Waals surface area contributed by atoms with Crippen molar-refractivity contribution in [3.63, 3.8) is 0 Å². The summed E-state index contributed by atoms with van der Waals surface area (Å²) < 4.78 is 0. The zero-order valence-electron chi connectivity index (χ0n) is 9.29. The maximum absolute atomic E-state index is 9.69. The third kappa shape index (κ3) is 1.86. The highest BCUT2D eigenvalue weighted by Crippen LogP contribution is 2.38. The molecule has 0 heterocycles. The fourth-order valence-electron chi connectivity index (χ4n) is 2.61. The molecule has 0 amide bonds. The number of nitrogens with two attached hydrogens (primary N) is 1. The highest BCUT2D eigenvalue weighted by molar-refractivity contribution is 5.42. The van der Waals surface area contributed by atoms with Crippen LogP contribution in [0.4, 0.5) is 0 Å². The first kappa shape index (κ1) is 10.5. The average molecular weight is 205 g/mol. The van der Waals surface area contributed by atoms with Crippen LogP contribution in [0.2, 0.25) is 0 Å². The van der Waals surface area contributed by atoms with E-state index >= 15 is 0 Å². The molecule has 0 saturated heterocycles. The molecule has 2 nitrogen and oxygen atoms in total. The Morgan fingerprint density at radius 1 is 1.20 bits per heavy atom. The quantitative estimate of drug-likeness (QED) is 0.740. The molecule has 1 aromatic rings. The Kier molecular flexibility index (Phi) is 2.70. The van der Waals surface area contributed by atoms with Crippen LogP contribution in [0.1, 0.15) is 43.2 Å². The van der Waals surface area contributed by atoms with Gasteiger partial charge in [-0.1, -0.05) is 31.4 Å². The predicted octanol–water partition coefficient (Wildman–Crippen LogP) is 2.82. The molecule has 0 aromatic heterocycles. The van der Waals surface area contributed by atoms with Crippen LogP contribution in [0.3, 0.4) is 0 Å². The highest BCUT2D eigenvalue weighted by atomic mass is 16.3. The third-order valence-corrected chi connectivity index (χ3v) is 3.59. The second-order valence-corrected chi connectivity index (χ2v) is 4.67. The van der Waals surface area contributed by atoms with Crippen molar-refractivity contribution in [1.29, 1.82) is 0 Å². The number of phenolic OH excluding ortho intramolecular Hbond substituents is 1. The molecule has 0 radical (unpaired) electrons. The first-order chi connectivity index (χ1) is 7.13. The Hall–Kier alpha value is -1.02. The van der Waals surface area contributed by atoms with Gasteiger partial charge in [-0.15, -0.1) is 0 Å². The third-order valence-electron chi connectivity index (χ3n) is 3.59. The van der Waals surface area contributed by atoms with Crippen molar-refractivity contribution in [3.8, 4) is 5.75 Å². The van der Waals surface area contributed by atoms with Crippen molar-refractivity contribution in [1.82, 2.24) is 0 Å². The molecule has 1 saturated carbocycles. The molecule has 15 heavy (non-hydrogen) atoms.